The van der Waals surface area contributed by atoms with E-state index in [2.05, 4.69) is 49.3 Å². The van der Waals surface area contributed by atoms with E-state index in [0.717, 1.165) is 13.1 Å². The van der Waals surface area contributed by atoms with Crippen LogP contribution in [0.25, 0.3) is 0 Å². The Balaban J connectivity index is 2.05. The zero-order chi connectivity index (χ0) is 13.0. The molecule has 0 aromatic heterocycles. The van der Waals surface area contributed by atoms with Crippen molar-refractivity contribution < 1.29 is 0 Å². The lowest BCUT2D eigenvalue weighted by molar-refractivity contribution is 0.221. The Morgan fingerprint density at radius 2 is 2.06 bits per heavy atom. The van der Waals surface area contributed by atoms with Crippen LogP contribution in [0.15, 0.2) is 18.2 Å². The smallest absolute Gasteiger partial charge is 0.0372 e. The van der Waals surface area contributed by atoms with Crippen LogP contribution in [0.2, 0.25) is 0 Å². The van der Waals surface area contributed by atoms with Crippen LogP contribution in [0.3, 0.4) is 0 Å². The van der Waals surface area contributed by atoms with Gasteiger partial charge < -0.3 is 5.32 Å². The van der Waals surface area contributed by atoms with E-state index in [9.17, 15) is 0 Å². The number of anilines is 1. The second-order valence-corrected chi connectivity index (χ2v) is 5.41. The zero-order valence-corrected chi connectivity index (χ0v) is 12.0. The SMILES string of the molecule is CCC(CC)N(C)Cc1ccc2c(c1)CCCN2. The van der Waals surface area contributed by atoms with E-state index in [1.54, 1.807) is 0 Å². The van der Waals surface area contributed by atoms with Crippen molar-refractivity contribution in [1.82, 2.24) is 4.90 Å². The molecular formula is C16H26N2. The minimum atomic E-state index is 0.708. The highest BCUT2D eigenvalue weighted by atomic mass is 15.1. The highest BCUT2D eigenvalue weighted by Gasteiger charge is 2.13. The molecule has 0 atom stereocenters. The molecule has 2 nitrogen and oxygen atoms in total. The molecule has 2 heteroatoms. The maximum absolute atomic E-state index is 3.47. The Kier molecular flexibility index (Phi) is 4.65. The van der Waals surface area contributed by atoms with E-state index in [4.69, 9.17) is 0 Å². The molecule has 1 aliphatic heterocycles. The van der Waals surface area contributed by atoms with Crippen molar-refractivity contribution in [3.8, 4) is 0 Å². The van der Waals surface area contributed by atoms with Gasteiger partial charge in [-0.3, -0.25) is 4.90 Å². The summed E-state index contributed by atoms with van der Waals surface area (Å²) in [4.78, 5) is 2.48. The molecule has 0 bridgehead atoms. The number of hydrogen-bond donors (Lipinski definition) is 1. The molecule has 1 aromatic carbocycles. The molecule has 0 saturated carbocycles. The molecule has 0 fully saturated rings. The fourth-order valence-corrected chi connectivity index (χ4v) is 2.96. The molecule has 100 valence electrons. The summed E-state index contributed by atoms with van der Waals surface area (Å²) in [5.74, 6) is 0. The zero-order valence-electron chi connectivity index (χ0n) is 12.0. The maximum Gasteiger partial charge on any atom is 0.0372 e. The van der Waals surface area contributed by atoms with Crippen LogP contribution in [0.5, 0.6) is 0 Å². The maximum atomic E-state index is 3.47. The van der Waals surface area contributed by atoms with E-state index in [1.807, 2.05) is 0 Å². The number of aryl methyl sites for hydroxylation is 1. The van der Waals surface area contributed by atoms with Crippen LogP contribution in [-0.4, -0.2) is 24.5 Å². The first kappa shape index (κ1) is 13.4. The number of fused-ring (bicyclic) bond motifs is 1. The molecule has 18 heavy (non-hydrogen) atoms. The van der Waals surface area contributed by atoms with Crippen LogP contribution in [0.4, 0.5) is 5.69 Å². The van der Waals surface area contributed by atoms with Crippen LogP contribution in [0, 0.1) is 0 Å². The van der Waals surface area contributed by atoms with E-state index in [0.29, 0.717) is 6.04 Å². The van der Waals surface area contributed by atoms with Gasteiger partial charge in [0.2, 0.25) is 0 Å². The summed E-state index contributed by atoms with van der Waals surface area (Å²) in [6, 6.07) is 7.63. The molecule has 0 unspecified atom stereocenters. The van der Waals surface area contributed by atoms with Gasteiger partial charge in [-0.15, -0.1) is 0 Å². The van der Waals surface area contributed by atoms with Crippen LogP contribution < -0.4 is 5.32 Å². The second-order valence-electron chi connectivity index (χ2n) is 5.41. The van der Waals surface area contributed by atoms with E-state index < -0.39 is 0 Å². The first-order valence-corrected chi connectivity index (χ1v) is 7.30. The average Bonchev–Trinajstić information content (AvgIpc) is 2.40. The van der Waals surface area contributed by atoms with Gasteiger partial charge in [0.15, 0.2) is 0 Å². The summed E-state index contributed by atoms with van der Waals surface area (Å²) in [7, 11) is 2.25. The topological polar surface area (TPSA) is 15.3 Å². The van der Waals surface area contributed by atoms with Gasteiger partial charge in [0.05, 0.1) is 0 Å². The number of benzene rings is 1. The van der Waals surface area contributed by atoms with Gasteiger partial charge in [-0.2, -0.15) is 0 Å². The van der Waals surface area contributed by atoms with Crippen molar-refractivity contribution in [3.05, 3.63) is 29.3 Å². The van der Waals surface area contributed by atoms with Crippen molar-refractivity contribution in [2.45, 2.75) is 52.1 Å². The van der Waals surface area contributed by atoms with E-state index in [-0.39, 0.29) is 0 Å². The van der Waals surface area contributed by atoms with Gasteiger partial charge in [-0.25, -0.2) is 0 Å². The predicted molar refractivity (Wildman–Crippen MR) is 79.1 cm³/mol. The lowest BCUT2D eigenvalue weighted by Crippen LogP contribution is -2.30. The summed E-state index contributed by atoms with van der Waals surface area (Å²) in [5.41, 5.74) is 4.29. The average molecular weight is 246 g/mol. The predicted octanol–water partition coefficient (Wildman–Crippen LogP) is 3.67. The molecule has 0 saturated heterocycles. The Morgan fingerprint density at radius 1 is 1.28 bits per heavy atom. The van der Waals surface area contributed by atoms with E-state index >= 15 is 0 Å². The monoisotopic (exact) mass is 246 g/mol. The summed E-state index contributed by atoms with van der Waals surface area (Å²) >= 11 is 0. The number of rotatable bonds is 5. The molecule has 1 aromatic rings. The van der Waals surface area contributed by atoms with Gasteiger partial charge in [0.25, 0.3) is 0 Å². The van der Waals surface area contributed by atoms with Crippen molar-refractivity contribution in [1.29, 1.82) is 0 Å². The quantitative estimate of drug-likeness (QED) is 0.853. The van der Waals surface area contributed by atoms with Crippen molar-refractivity contribution in [2.24, 2.45) is 0 Å². The fraction of sp³-hybridized carbons (Fsp3) is 0.625. The van der Waals surface area contributed by atoms with Crippen molar-refractivity contribution in [2.75, 3.05) is 18.9 Å². The summed E-state index contributed by atoms with van der Waals surface area (Å²) in [6.07, 6.45) is 4.96. The number of nitrogens with zero attached hydrogens (tertiary/aromatic N) is 1. The Labute approximate surface area is 111 Å². The van der Waals surface area contributed by atoms with Gasteiger partial charge in [0.1, 0.15) is 0 Å². The molecule has 0 spiro atoms. The van der Waals surface area contributed by atoms with Crippen molar-refractivity contribution in [3.63, 3.8) is 0 Å². The molecule has 0 aliphatic carbocycles. The molecule has 2 rings (SSSR count). The Hall–Kier alpha value is -1.02. The lowest BCUT2D eigenvalue weighted by atomic mass is 10.00. The molecule has 1 heterocycles. The third-order valence-electron chi connectivity index (χ3n) is 4.11. The number of nitrogens with one attached hydrogen (secondary N) is 1. The summed E-state index contributed by atoms with van der Waals surface area (Å²) in [6.45, 7) is 6.75. The van der Waals surface area contributed by atoms with Crippen molar-refractivity contribution >= 4 is 5.69 Å². The van der Waals surface area contributed by atoms with Crippen LogP contribution in [0.1, 0.15) is 44.2 Å². The summed E-state index contributed by atoms with van der Waals surface area (Å²) < 4.78 is 0. The third kappa shape index (κ3) is 3.05. The standard InChI is InChI=1S/C16H26N2/c1-4-15(5-2)18(3)12-13-8-9-16-14(11-13)7-6-10-17-16/h8-9,11,15,17H,4-7,10,12H2,1-3H3. The molecular weight excluding hydrogens is 220 g/mol. The van der Waals surface area contributed by atoms with Gasteiger partial charge >= 0.3 is 0 Å². The Morgan fingerprint density at radius 3 is 2.78 bits per heavy atom. The van der Waals surface area contributed by atoms with E-state index in [1.165, 1.54) is 42.5 Å². The minimum Gasteiger partial charge on any atom is -0.385 e. The second kappa shape index (κ2) is 6.24. The van der Waals surface area contributed by atoms with Crippen LogP contribution in [-0.2, 0) is 13.0 Å². The number of hydrogen-bond acceptors (Lipinski definition) is 2. The van der Waals surface area contributed by atoms with Crippen LogP contribution >= 0.6 is 0 Å². The molecule has 1 N–H and O–H groups in total. The summed E-state index contributed by atoms with van der Waals surface area (Å²) in [5, 5.41) is 3.47. The first-order valence-electron chi connectivity index (χ1n) is 7.30. The molecule has 0 radical (unpaired) electrons. The molecule has 1 aliphatic rings. The minimum absolute atomic E-state index is 0.708. The highest BCUT2D eigenvalue weighted by molar-refractivity contribution is 5.54. The highest BCUT2D eigenvalue weighted by Crippen LogP contribution is 2.23. The molecule has 0 amide bonds. The largest absolute Gasteiger partial charge is 0.385 e. The van der Waals surface area contributed by atoms with Gasteiger partial charge in [-0.05, 0) is 49.9 Å². The normalized spacial score (nSPS) is 14.7. The Bertz CT molecular complexity index is 383. The first-order chi connectivity index (χ1) is 8.74. The lowest BCUT2D eigenvalue weighted by Gasteiger charge is -2.27. The fourth-order valence-electron chi connectivity index (χ4n) is 2.96. The van der Waals surface area contributed by atoms with Gasteiger partial charge in [-0.1, -0.05) is 26.0 Å². The van der Waals surface area contributed by atoms with Gasteiger partial charge in [0, 0.05) is 24.8 Å². The third-order valence-corrected chi connectivity index (χ3v) is 4.11.